The quantitative estimate of drug-likeness (QED) is 0.341. The van der Waals surface area contributed by atoms with E-state index in [-0.39, 0.29) is 6.54 Å². The third-order valence-corrected chi connectivity index (χ3v) is 5.07. The minimum Gasteiger partial charge on any atom is -0.544 e. The van der Waals surface area contributed by atoms with Crippen LogP contribution in [0.15, 0.2) is 24.3 Å². The lowest BCUT2D eigenvalue weighted by Gasteiger charge is -2.31. The summed E-state index contributed by atoms with van der Waals surface area (Å²) >= 11 is 0. The van der Waals surface area contributed by atoms with Gasteiger partial charge in [-0.2, -0.15) is 0 Å². The molecule has 3 nitrogen and oxygen atoms in total. The van der Waals surface area contributed by atoms with Gasteiger partial charge in [-0.3, -0.25) is 0 Å². The van der Waals surface area contributed by atoms with Crippen molar-refractivity contribution in [2.75, 3.05) is 20.6 Å². The number of carbonyl (C=O) groups excluding carboxylic acids is 1. The molecular formula is C23H39NO2. The van der Waals surface area contributed by atoms with E-state index in [2.05, 4.69) is 31.2 Å². The van der Waals surface area contributed by atoms with Gasteiger partial charge >= 0.3 is 0 Å². The summed E-state index contributed by atoms with van der Waals surface area (Å²) in [6.07, 6.45) is 14.6. The lowest BCUT2D eigenvalue weighted by atomic mass is 9.99. The molecular weight excluding hydrogens is 322 g/mol. The lowest BCUT2D eigenvalue weighted by molar-refractivity contribution is -0.898. The third kappa shape index (κ3) is 10.6. The number of aliphatic carboxylic acids is 1. The van der Waals surface area contributed by atoms with Gasteiger partial charge in [-0.25, -0.2) is 0 Å². The Kier molecular flexibility index (Phi) is 11.3. The van der Waals surface area contributed by atoms with E-state index >= 15 is 0 Å². The molecule has 1 rings (SSSR count). The first-order chi connectivity index (χ1) is 12.4. The third-order valence-electron chi connectivity index (χ3n) is 5.07. The average Bonchev–Trinajstić information content (AvgIpc) is 2.56. The van der Waals surface area contributed by atoms with Crippen LogP contribution in [0.2, 0.25) is 0 Å². The van der Waals surface area contributed by atoms with Gasteiger partial charge in [0.05, 0.1) is 20.1 Å². The fourth-order valence-corrected chi connectivity index (χ4v) is 3.63. The Labute approximate surface area is 161 Å². The predicted octanol–water partition coefficient (Wildman–Crippen LogP) is 4.48. The average molecular weight is 362 g/mol. The molecule has 0 aromatic heterocycles. The first kappa shape index (κ1) is 22.7. The van der Waals surface area contributed by atoms with Crippen molar-refractivity contribution >= 4 is 5.97 Å². The smallest absolute Gasteiger partial charge is 0.119 e. The second-order valence-corrected chi connectivity index (χ2v) is 8.32. The maximum absolute atomic E-state index is 10.9. The topological polar surface area (TPSA) is 40.1 Å². The maximum atomic E-state index is 10.9. The Balaban J connectivity index is 2.28. The molecule has 0 aliphatic carbocycles. The minimum absolute atomic E-state index is 0.0482. The molecule has 1 aromatic rings. The number of hydrogen-bond donors (Lipinski definition) is 0. The molecule has 0 bridgehead atoms. The Hall–Kier alpha value is -1.35. The Morgan fingerprint density at radius 1 is 0.846 bits per heavy atom. The van der Waals surface area contributed by atoms with E-state index < -0.39 is 5.97 Å². The number of likely N-dealkylation sites (N-methyl/N-ethyl adjacent to an activating group) is 1. The number of benzene rings is 1. The number of carboxylic acids is 1. The number of aryl methyl sites for hydroxylation is 1. The predicted molar refractivity (Wildman–Crippen MR) is 108 cm³/mol. The lowest BCUT2D eigenvalue weighted by Crippen LogP contribution is -2.47. The molecule has 0 aliphatic rings. The SMILES string of the molecule is CCCCCCCCCCCCc1ccccc1C[N+](C)(C)CC(=O)[O-]. The summed E-state index contributed by atoms with van der Waals surface area (Å²) in [7, 11) is 3.90. The largest absolute Gasteiger partial charge is 0.544 e. The highest BCUT2D eigenvalue weighted by molar-refractivity contribution is 5.65. The van der Waals surface area contributed by atoms with E-state index in [0.717, 1.165) is 13.0 Å². The van der Waals surface area contributed by atoms with Gasteiger partial charge in [0.2, 0.25) is 0 Å². The molecule has 148 valence electrons. The summed E-state index contributed by atoms with van der Waals surface area (Å²) < 4.78 is 0.428. The van der Waals surface area contributed by atoms with Crippen LogP contribution in [0.4, 0.5) is 0 Å². The highest BCUT2D eigenvalue weighted by atomic mass is 16.4. The highest BCUT2D eigenvalue weighted by Gasteiger charge is 2.17. The number of unbranched alkanes of at least 4 members (excludes halogenated alkanes) is 9. The molecule has 0 saturated carbocycles. The van der Waals surface area contributed by atoms with Crippen LogP contribution in [0.5, 0.6) is 0 Å². The molecule has 0 radical (unpaired) electrons. The number of nitrogens with zero attached hydrogens (tertiary/aromatic N) is 1. The molecule has 0 amide bonds. The molecule has 1 aromatic carbocycles. The standard InChI is InChI=1S/C23H39NO2/c1-4-5-6-7-8-9-10-11-12-13-16-21-17-14-15-18-22(21)19-24(2,3)20-23(25)26/h14-15,17-18H,4-13,16,19-20H2,1-3H3. The van der Waals surface area contributed by atoms with E-state index in [1.807, 2.05) is 14.1 Å². The van der Waals surface area contributed by atoms with Crippen LogP contribution in [0.3, 0.4) is 0 Å². The monoisotopic (exact) mass is 361 g/mol. The Morgan fingerprint density at radius 2 is 1.35 bits per heavy atom. The van der Waals surface area contributed by atoms with Crippen molar-refractivity contribution in [1.82, 2.24) is 0 Å². The zero-order valence-electron chi connectivity index (χ0n) is 17.3. The van der Waals surface area contributed by atoms with Gasteiger partial charge in [0, 0.05) is 5.56 Å². The van der Waals surface area contributed by atoms with Crippen molar-refractivity contribution < 1.29 is 14.4 Å². The van der Waals surface area contributed by atoms with Crippen LogP contribution < -0.4 is 5.11 Å². The second kappa shape index (κ2) is 12.9. The summed E-state index contributed by atoms with van der Waals surface area (Å²) in [6.45, 7) is 3.05. The van der Waals surface area contributed by atoms with Gasteiger partial charge in [0.15, 0.2) is 0 Å². The van der Waals surface area contributed by atoms with Crippen molar-refractivity contribution in [2.45, 2.75) is 84.1 Å². The van der Waals surface area contributed by atoms with Gasteiger partial charge in [0.1, 0.15) is 13.1 Å². The molecule has 0 aliphatic heterocycles. The van der Waals surface area contributed by atoms with Crippen molar-refractivity contribution in [3.8, 4) is 0 Å². The summed E-state index contributed by atoms with van der Waals surface area (Å²) in [5, 5.41) is 10.9. The molecule has 0 saturated heterocycles. The van der Waals surface area contributed by atoms with E-state index in [1.54, 1.807) is 0 Å². The van der Waals surface area contributed by atoms with Crippen molar-refractivity contribution in [1.29, 1.82) is 0 Å². The first-order valence-corrected chi connectivity index (χ1v) is 10.5. The summed E-state index contributed by atoms with van der Waals surface area (Å²) in [6, 6.07) is 8.48. The van der Waals surface area contributed by atoms with Gasteiger partial charge < -0.3 is 14.4 Å². The zero-order chi connectivity index (χ0) is 19.3. The van der Waals surface area contributed by atoms with E-state index in [4.69, 9.17) is 0 Å². The number of rotatable bonds is 15. The molecule has 3 heteroatoms. The minimum atomic E-state index is -0.984. The first-order valence-electron chi connectivity index (χ1n) is 10.5. The summed E-state index contributed by atoms with van der Waals surface area (Å²) in [5.74, 6) is -0.984. The van der Waals surface area contributed by atoms with Crippen LogP contribution in [0, 0.1) is 0 Å². The summed E-state index contributed by atoms with van der Waals surface area (Å²) in [5.41, 5.74) is 2.64. The highest BCUT2D eigenvalue weighted by Crippen LogP contribution is 2.18. The van der Waals surface area contributed by atoms with Gasteiger partial charge in [0.25, 0.3) is 0 Å². The Bertz CT molecular complexity index is 511. The van der Waals surface area contributed by atoms with Crippen LogP contribution in [0.1, 0.15) is 82.3 Å². The summed E-state index contributed by atoms with van der Waals surface area (Å²) in [4.78, 5) is 10.9. The maximum Gasteiger partial charge on any atom is 0.119 e. The van der Waals surface area contributed by atoms with Gasteiger partial charge in [-0.15, -0.1) is 0 Å². The van der Waals surface area contributed by atoms with Gasteiger partial charge in [-0.1, -0.05) is 89.0 Å². The van der Waals surface area contributed by atoms with Crippen LogP contribution >= 0.6 is 0 Å². The normalized spacial score (nSPS) is 11.7. The molecule has 0 N–H and O–H groups in total. The fraction of sp³-hybridized carbons (Fsp3) is 0.696. The van der Waals surface area contributed by atoms with Crippen molar-refractivity contribution in [2.24, 2.45) is 0 Å². The number of carboxylic acid groups (broad SMARTS) is 1. The molecule has 0 spiro atoms. The number of carbonyl (C=O) groups is 1. The van der Waals surface area contributed by atoms with Crippen molar-refractivity contribution in [3.63, 3.8) is 0 Å². The van der Waals surface area contributed by atoms with E-state index in [0.29, 0.717) is 4.48 Å². The number of quaternary nitrogens is 1. The second-order valence-electron chi connectivity index (χ2n) is 8.32. The molecule has 0 fully saturated rings. The molecule has 0 heterocycles. The van der Waals surface area contributed by atoms with Gasteiger partial charge in [-0.05, 0) is 18.4 Å². The Morgan fingerprint density at radius 3 is 1.88 bits per heavy atom. The van der Waals surface area contributed by atoms with Crippen LogP contribution in [-0.4, -0.2) is 31.1 Å². The molecule has 26 heavy (non-hydrogen) atoms. The number of hydrogen-bond acceptors (Lipinski definition) is 2. The van der Waals surface area contributed by atoms with Crippen LogP contribution in [0.25, 0.3) is 0 Å². The van der Waals surface area contributed by atoms with E-state index in [1.165, 1.54) is 75.3 Å². The molecule has 0 atom stereocenters. The van der Waals surface area contributed by atoms with Crippen LogP contribution in [-0.2, 0) is 17.8 Å². The fourth-order valence-electron chi connectivity index (χ4n) is 3.63. The zero-order valence-corrected chi connectivity index (χ0v) is 17.3. The van der Waals surface area contributed by atoms with E-state index in [9.17, 15) is 9.90 Å². The molecule has 0 unspecified atom stereocenters. The van der Waals surface area contributed by atoms with Crippen molar-refractivity contribution in [3.05, 3.63) is 35.4 Å².